The predicted molar refractivity (Wildman–Crippen MR) is 86.1 cm³/mol. The molecule has 0 bridgehead atoms. The Bertz CT molecular complexity index is 638. The van der Waals surface area contributed by atoms with Crippen molar-refractivity contribution in [3.8, 4) is 0 Å². The second-order valence-electron chi connectivity index (χ2n) is 5.36. The lowest BCUT2D eigenvalue weighted by molar-refractivity contribution is 0.102. The third-order valence-corrected chi connectivity index (χ3v) is 3.74. The molecule has 2 aromatic rings. The highest BCUT2D eigenvalue weighted by Gasteiger charge is 2.16. The fraction of sp³-hybridized carbons (Fsp3) is 0.312. The molecule has 3 rings (SSSR count). The molecule has 6 nitrogen and oxygen atoms in total. The first-order valence-corrected chi connectivity index (χ1v) is 7.34. The van der Waals surface area contributed by atoms with Gasteiger partial charge in [0, 0.05) is 44.1 Å². The lowest BCUT2D eigenvalue weighted by Crippen LogP contribution is -2.44. The molecule has 1 fully saturated rings. The van der Waals surface area contributed by atoms with Crippen LogP contribution in [0.5, 0.6) is 0 Å². The van der Waals surface area contributed by atoms with E-state index in [1.165, 1.54) is 0 Å². The fourth-order valence-corrected chi connectivity index (χ4v) is 2.39. The van der Waals surface area contributed by atoms with Crippen LogP contribution in [0.2, 0.25) is 0 Å². The molecule has 1 aliphatic rings. The highest BCUT2D eigenvalue weighted by Crippen LogP contribution is 2.15. The van der Waals surface area contributed by atoms with Gasteiger partial charge in [-0.2, -0.15) is 0 Å². The number of aromatic nitrogens is 2. The summed E-state index contributed by atoms with van der Waals surface area (Å²) < 4.78 is 0. The maximum Gasteiger partial charge on any atom is 0.257 e. The van der Waals surface area contributed by atoms with Gasteiger partial charge in [0.1, 0.15) is 11.6 Å². The molecule has 114 valence electrons. The first-order valence-electron chi connectivity index (χ1n) is 7.34. The molecule has 1 N–H and O–H groups in total. The molecule has 2 aromatic heterocycles. The Morgan fingerprint density at radius 1 is 1.09 bits per heavy atom. The van der Waals surface area contributed by atoms with E-state index in [9.17, 15) is 4.79 Å². The number of rotatable bonds is 3. The van der Waals surface area contributed by atoms with Crippen molar-refractivity contribution in [1.29, 1.82) is 0 Å². The second-order valence-corrected chi connectivity index (χ2v) is 5.36. The van der Waals surface area contributed by atoms with Crippen LogP contribution in [0, 0.1) is 0 Å². The number of amides is 1. The number of hydrogen-bond donors (Lipinski definition) is 1. The summed E-state index contributed by atoms with van der Waals surface area (Å²) in [5, 5.41) is 2.79. The minimum absolute atomic E-state index is 0.170. The number of piperazine rings is 1. The first-order chi connectivity index (χ1) is 10.7. The van der Waals surface area contributed by atoms with Crippen molar-refractivity contribution in [3.05, 3.63) is 48.3 Å². The van der Waals surface area contributed by atoms with Gasteiger partial charge < -0.3 is 15.1 Å². The molecule has 0 unspecified atom stereocenters. The third kappa shape index (κ3) is 3.40. The third-order valence-electron chi connectivity index (χ3n) is 3.74. The summed E-state index contributed by atoms with van der Waals surface area (Å²) in [6, 6.07) is 8.97. The van der Waals surface area contributed by atoms with E-state index in [0.29, 0.717) is 11.4 Å². The standard InChI is InChI=1S/C16H19N5O/c1-20-8-10-21(11-9-20)15-12-13(5-7-18-15)16(22)19-14-4-2-3-6-17-14/h2-7,12H,8-11H2,1H3,(H,17,19,22). The molecule has 1 amide bonds. The Morgan fingerprint density at radius 3 is 2.64 bits per heavy atom. The first kappa shape index (κ1) is 14.5. The number of nitrogens with zero attached hydrogens (tertiary/aromatic N) is 4. The number of likely N-dealkylation sites (N-methyl/N-ethyl adjacent to an activating group) is 1. The fourth-order valence-electron chi connectivity index (χ4n) is 2.39. The number of hydrogen-bond acceptors (Lipinski definition) is 5. The van der Waals surface area contributed by atoms with Gasteiger partial charge in [-0.25, -0.2) is 9.97 Å². The Balaban J connectivity index is 1.72. The summed E-state index contributed by atoms with van der Waals surface area (Å²) in [4.78, 5) is 25.3. The smallest absolute Gasteiger partial charge is 0.257 e. The molecular weight excluding hydrogens is 278 g/mol. The maximum absolute atomic E-state index is 12.3. The summed E-state index contributed by atoms with van der Waals surface area (Å²) in [7, 11) is 2.11. The van der Waals surface area contributed by atoms with E-state index in [0.717, 1.165) is 32.0 Å². The topological polar surface area (TPSA) is 61.4 Å². The minimum atomic E-state index is -0.170. The van der Waals surface area contributed by atoms with Gasteiger partial charge in [-0.15, -0.1) is 0 Å². The molecule has 1 aliphatic heterocycles. The Hall–Kier alpha value is -2.47. The molecule has 0 atom stereocenters. The van der Waals surface area contributed by atoms with Gasteiger partial charge in [-0.05, 0) is 31.3 Å². The zero-order valence-corrected chi connectivity index (χ0v) is 12.6. The van der Waals surface area contributed by atoms with Crippen molar-refractivity contribution in [2.24, 2.45) is 0 Å². The highest BCUT2D eigenvalue weighted by atomic mass is 16.1. The molecule has 6 heteroatoms. The van der Waals surface area contributed by atoms with Crippen LogP contribution < -0.4 is 10.2 Å². The number of nitrogens with one attached hydrogen (secondary N) is 1. The lowest BCUT2D eigenvalue weighted by Gasteiger charge is -2.33. The second kappa shape index (κ2) is 6.53. The van der Waals surface area contributed by atoms with Crippen molar-refractivity contribution in [1.82, 2.24) is 14.9 Å². The summed E-state index contributed by atoms with van der Waals surface area (Å²) in [5.74, 6) is 1.23. The molecule has 0 aromatic carbocycles. The molecule has 0 spiro atoms. The van der Waals surface area contributed by atoms with Crippen LogP contribution in [0.3, 0.4) is 0 Å². The molecule has 22 heavy (non-hydrogen) atoms. The Labute approximate surface area is 129 Å². The van der Waals surface area contributed by atoms with Gasteiger partial charge in [0.2, 0.25) is 0 Å². The van der Waals surface area contributed by atoms with E-state index in [-0.39, 0.29) is 5.91 Å². The van der Waals surface area contributed by atoms with Crippen molar-refractivity contribution >= 4 is 17.5 Å². The number of anilines is 2. The van der Waals surface area contributed by atoms with Crippen LogP contribution in [-0.4, -0.2) is 54.0 Å². The largest absolute Gasteiger partial charge is 0.354 e. The number of pyridine rings is 2. The van der Waals surface area contributed by atoms with Crippen molar-refractivity contribution in [2.75, 3.05) is 43.4 Å². The monoisotopic (exact) mass is 297 g/mol. The van der Waals surface area contributed by atoms with Crippen LogP contribution in [0.4, 0.5) is 11.6 Å². The highest BCUT2D eigenvalue weighted by molar-refractivity contribution is 6.04. The van der Waals surface area contributed by atoms with Crippen molar-refractivity contribution in [3.63, 3.8) is 0 Å². The van der Waals surface area contributed by atoms with Crippen molar-refractivity contribution in [2.45, 2.75) is 0 Å². The van der Waals surface area contributed by atoms with E-state index >= 15 is 0 Å². The number of carbonyl (C=O) groups is 1. The van der Waals surface area contributed by atoms with Crippen LogP contribution in [0.1, 0.15) is 10.4 Å². The Morgan fingerprint density at radius 2 is 1.91 bits per heavy atom. The summed E-state index contributed by atoms with van der Waals surface area (Å²) in [6.45, 7) is 3.86. The van der Waals surface area contributed by atoms with Gasteiger partial charge >= 0.3 is 0 Å². The van der Waals surface area contributed by atoms with E-state index in [2.05, 4.69) is 32.1 Å². The van der Waals surface area contributed by atoms with Crippen LogP contribution >= 0.6 is 0 Å². The maximum atomic E-state index is 12.3. The summed E-state index contributed by atoms with van der Waals surface area (Å²) in [6.07, 6.45) is 3.33. The molecule has 0 radical (unpaired) electrons. The molecule has 0 aliphatic carbocycles. The van der Waals surface area contributed by atoms with Gasteiger partial charge in [-0.3, -0.25) is 4.79 Å². The quantitative estimate of drug-likeness (QED) is 0.930. The van der Waals surface area contributed by atoms with E-state index in [1.54, 1.807) is 24.5 Å². The zero-order chi connectivity index (χ0) is 15.4. The van der Waals surface area contributed by atoms with E-state index in [1.807, 2.05) is 18.2 Å². The van der Waals surface area contributed by atoms with Crippen LogP contribution in [0.15, 0.2) is 42.7 Å². The average Bonchev–Trinajstić information content (AvgIpc) is 2.56. The van der Waals surface area contributed by atoms with Crippen molar-refractivity contribution < 1.29 is 4.79 Å². The Kier molecular flexibility index (Phi) is 4.29. The van der Waals surface area contributed by atoms with E-state index in [4.69, 9.17) is 0 Å². The van der Waals surface area contributed by atoms with Gasteiger partial charge in [0.25, 0.3) is 5.91 Å². The minimum Gasteiger partial charge on any atom is -0.354 e. The molecule has 0 saturated carbocycles. The normalized spacial score (nSPS) is 15.6. The van der Waals surface area contributed by atoms with Gasteiger partial charge in [0.05, 0.1) is 0 Å². The molecule has 3 heterocycles. The van der Waals surface area contributed by atoms with Gasteiger partial charge in [-0.1, -0.05) is 6.07 Å². The number of carbonyl (C=O) groups excluding carboxylic acids is 1. The van der Waals surface area contributed by atoms with Crippen LogP contribution in [-0.2, 0) is 0 Å². The van der Waals surface area contributed by atoms with E-state index < -0.39 is 0 Å². The summed E-state index contributed by atoms with van der Waals surface area (Å²) >= 11 is 0. The average molecular weight is 297 g/mol. The molecular formula is C16H19N5O. The lowest BCUT2D eigenvalue weighted by atomic mass is 10.2. The predicted octanol–water partition coefficient (Wildman–Crippen LogP) is 1.48. The SMILES string of the molecule is CN1CCN(c2cc(C(=O)Nc3ccccn3)ccn2)CC1. The van der Waals surface area contributed by atoms with Crippen LogP contribution in [0.25, 0.3) is 0 Å². The summed E-state index contributed by atoms with van der Waals surface area (Å²) in [5.41, 5.74) is 0.592. The van der Waals surface area contributed by atoms with Gasteiger partial charge in [0.15, 0.2) is 0 Å². The zero-order valence-electron chi connectivity index (χ0n) is 12.6. The molecule has 1 saturated heterocycles.